The summed E-state index contributed by atoms with van der Waals surface area (Å²) in [6.45, 7) is 0. The van der Waals surface area contributed by atoms with Gasteiger partial charge in [-0.3, -0.25) is 0 Å². The molecule has 0 atom stereocenters. The van der Waals surface area contributed by atoms with Crippen molar-refractivity contribution in [3.05, 3.63) is 25.7 Å². The Bertz CT molecular complexity index is 131. The van der Waals surface area contributed by atoms with E-state index < -0.39 is 0 Å². The van der Waals surface area contributed by atoms with E-state index in [0.29, 0.717) is 0 Å². The van der Waals surface area contributed by atoms with E-state index in [1.165, 1.54) is 128 Å². The van der Waals surface area contributed by atoms with Crippen LogP contribution in [0.3, 0.4) is 0 Å². The van der Waals surface area contributed by atoms with Crippen LogP contribution >= 0.6 is 18.4 Å². The molecule has 0 heterocycles. The number of halogens is 2. The fourth-order valence-corrected chi connectivity index (χ4v) is 3.59. The van der Waals surface area contributed by atoms with Gasteiger partial charge in [0.1, 0.15) is 0 Å². The van der Waals surface area contributed by atoms with Gasteiger partial charge in [-0.15, -0.1) is 0 Å². The molecule has 0 bridgehead atoms. The van der Waals surface area contributed by atoms with Crippen molar-refractivity contribution in [1.82, 2.24) is 0 Å². The molecule has 28 heavy (non-hydrogen) atoms. The van der Waals surface area contributed by atoms with Crippen LogP contribution < -0.4 is 0 Å². The number of rotatable bonds is 0. The average molecular weight is 797 g/mol. The van der Waals surface area contributed by atoms with Gasteiger partial charge in [-0.1, -0.05) is 77.0 Å². The first kappa shape index (κ1) is 32.2. The third-order valence-electron chi connectivity index (χ3n) is 5.27. The Hall–Kier alpha value is 2.06. The molecule has 0 aromatic heterocycles. The van der Waals surface area contributed by atoms with Gasteiger partial charge in [0.15, 0.2) is 0 Å². The molecule has 0 aliphatic heterocycles. The second-order valence-electron chi connectivity index (χ2n) is 7.71. The average Bonchev–Trinajstić information content (AvgIpc) is 2.87. The van der Waals surface area contributed by atoms with Crippen LogP contribution in [-0.2, 0) is 40.0 Å². The summed E-state index contributed by atoms with van der Waals surface area (Å²) in [6, 6.07) is 0. The first-order valence-corrected chi connectivity index (χ1v) is 16.9. The van der Waals surface area contributed by atoms with Crippen molar-refractivity contribution in [1.29, 1.82) is 0 Å². The van der Waals surface area contributed by atoms with Crippen molar-refractivity contribution in [3.8, 4) is 0 Å². The normalized spacial score (nSPS) is 21.1. The van der Waals surface area contributed by atoms with E-state index in [0.717, 1.165) is 0 Å². The molecule has 0 radical (unpaired) electrons. The molecule has 4 heteroatoms. The van der Waals surface area contributed by atoms with Gasteiger partial charge in [0.2, 0.25) is 0 Å². The van der Waals surface area contributed by atoms with E-state index in [9.17, 15) is 0 Å². The van der Waals surface area contributed by atoms with E-state index in [4.69, 9.17) is 0 Å². The maximum absolute atomic E-state index is 4.58. The number of hydrogen-bond donors (Lipinski definition) is 0. The van der Waals surface area contributed by atoms with Crippen LogP contribution in [0.25, 0.3) is 0 Å². The van der Waals surface area contributed by atoms with Gasteiger partial charge in [-0.05, 0) is 0 Å². The van der Waals surface area contributed by atoms with Gasteiger partial charge in [-0.25, -0.2) is 0 Å². The van der Waals surface area contributed by atoms with E-state index in [1.54, 1.807) is 40.0 Å². The minimum absolute atomic E-state index is 1.38. The fourth-order valence-electron chi connectivity index (χ4n) is 3.59. The first-order valence-electron chi connectivity index (χ1n) is 11.5. The van der Waals surface area contributed by atoms with Crippen molar-refractivity contribution in [2.45, 2.75) is 128 Å². The predicted molar refractivity (Wildman–Crippen MR) is 121 cm³/mol. The second kappa shape index (κ2) is 33.7. The van der Waals surface area contributed by atoms with Crippen LogP contribution in [0.4, 0.5) is 0 Å². The zero-order chi connectivity index (χ0) is 21.0. The maximum atomic E-state index is 4.58. The molecule has 0 amide bonds. The van der Waals surface area contributed by atoms with Crippen molar-refractivity contribution in [2.75, 3.05) is 0 Å². The third kappa shape index (κ3) is 30.3. The van der Waals surface area contributed by atoms with Crippen molar-refractivity contribution >= 4 is 18.4 Å². The Labute approximate surface area is 210 Å². The molecule has 180 valence electrons. The summed E-state index contributed by atoms with van der Waals surface area (Å²) in [4.78, 5) is 0. The summed E-state index contributed by atoms with van der Waals surface area (Å²) in [5.41, 5.74) is 0. The molecular formula is C24H44Au2Cl2-4. The first-order chi connectivity index (χ1) is 14.0. The van der Waals surface area contributed by atoms with Gasteiger partial charge in [0, 0.05) is 0 Å². The summed E-state index contributed by atoms with van der Waals surface area (Å²) >= 11 is 3.50. The van der Waals surface area contributed by atoms with Gasteiger partial charge >= 0.3 is 58.4 Å². The standard InChI is InChI=1S/4C6H11.2Au.2ClH/c4*1-2-4-6-5-3-1;;;;/h4*1H,2-6H2;;;2*1H/q4*-1;2*+1;;/p-2. The van der Waals surface area contributed by atoms with Crippen molar-refractivity contribution in [2.24, 2.45) is 0 Å². The molecule has 4 rings (SSSR count). The quantitative estimate of drug-likeness (QED) is 0.169. The van der Waals surface area contributed by atoms with Crippen molar-refractivity contribution < 1.29 is 40.0 Å². The molecular weight excluding hydrogens is 753 g/mol. The molecule has 4 fully saturated rings. The zero-order valence-electron chi connectivity index (χ0n) is 17.8. The van der Waals surface area contributed by atoms with Crippen molar-refractivity contribution in [3.63, 3.8) is 0 Å². The summed E-state index contributed by atoms with van der Waals surface area (Å²) in [7, 11) is 9.17. The Morgan fingerprint density at radius 1 is 0.286 bits per heavy atom. The molecule has 0 nitrogen and oxygen atoms in total. The molecule has 0 N–H and O–H groups in total. The van der Waals surface area contributed by atoms with Gasteiger partial charge in [0.25, 0.3) is 0 Å². The van der Waals surface area contributed by atoms with Crippen LogP contribution in [0.15, 0.2) is 0 Å². The van der Waals surface area contributed by atoms with E-state index in [1.807, 2.05) is 0 Å². The fraction of sp³-hybridized carbons (Fsp3) is 0.833. The van der Waals surface area contributed by atoms with Gasteiger partial charge < -0.3 is 25.7 Å². The topological polar surface area (TPSA) is 0 Å². The summed E-state index contributed by atoms with van der Waals surface area (Å²) < 4.78 is 0. The minimum atomic E-state index is 1.38. The molecule has 0 aromatic rings. The summed E-state index contributed by atoms with van der Waals surface area (Å²) in [5, 5.41) is 0. The Morgan fingerprint density at radius 3 is 0.464 bits per heavy atom. The SMILES string of the molecule is [CH-]1CCCCC1.[CH-]1CCCCC1.[CH-]1CCCCC1.[CH-]1CCCCC1.[Cl][Au].[Cl][Au]. The van der Waals surface area contributed by atoms with Crippen LogP contribution in [0.1, 0.15) is 128 Å². The Morgan fingerprint density at radius 2 is 0.429 bits per heavy atom. The Balaban J connectivity index is 0. The monoisotopic (exact) mass is 796 g/mol. The van der Waals surface area contributed by atoms with E-state index in [2.05, 4.69) is 44.1 Å². The Kier molecular flexibility index (Phi) is 38.8. The molecule has 0 aromatic carbocycles. The molecule has 4 aliphatic rings. The molecule has 4 aliphatic carbocycles. The van der Waals surface area contributed by atoms with Crippen LogP contribution in [0.5, 0.6) is 0 Å². The van der Waals surface area contributed by atoms with Crippen LogP contribution in [0, 0.1) is 25.7 Å². The van der Waals surface area contributed by atoms with Gasteiger partial charge in [-0.2, -0.15) is 51.4 Å². The molecule has 0 spiro atoms. The predicted octanol–water partition coefficient (Wildman–Crippen LogP) is 9.99. The van der Waals surface area contributed by atoms with E-state index in [-0.39, 0.29) is 0 Å². The van der Waals surface area contributed by atoms with Gasteiger partial charge in [0.05, 0.1) is 0 Å². The van der Waals surface area contributed by atoms with Crippen LogP contribution in [-0.4, -0.2) is 0 Å². The van der Waals surface area contributed by atoms with E-state index >= 15 is 0 Å². The molecule has 0 saturated heterocycles. The molecule has 4 saturated carbocycles. The molecule has 0 unspecified atom stereocenters. The summed E-state index contributed by atoms with van der Waals surface area (Å²) in [6.07, 6.45) is 38.0. The van der Waals surface area contributed by atoms with Crippen LogP contribution in [0.2, 0.25) is 0 Å². The second-order valence-corrected chi connectivity index (χ2v) is 7.71. The zero-order valence-corrected chi connectivity index (χ0v) is 23.7. The summed E-state index contributed by atoms with van der Waals surface area (Å²) in [5.74, 6) is 0. The third-order valence-corrected chi connectivity index (χ3v) is 5.27. The number of hydrogen-bond acceptors (Lipinski definition) is 0.